The van der Waals surface area contributed by atoms with Crippen LogP contribution < -0.4 is 10.6 Å². The van der Waals surface area contributed by atoms with Gasteiger partial charge in [-0.2, -0.15) is 0 Å². The zero-order valence-corrected chi connectivity index (χ0v) is 11.1. The molecule has 1 aromatic carbocycles. The molecule has 0 aliphatic heterocycles. The van der Waals surface area contributed by atoms with Crippen molar-refractivity contribution in [1.82, 2.24) is 20.4 Å². The lowest BCUT2D eigenvalue weighted by molar-refractivity contribution is 0.868. The van der Waals surface area contributed by atoms with Crippen LogP contribution in [0.2, 0.25) is 0 Å². The average molecular weight is 307 g/mol. The molecule has 0 radical (unpaired) electrons. The van der Waals surface area contributed by atoms with Gasteiger partial charge in [-0.25, -0.2) is 0 Å². The first kappa shape index (κ1) is 12.4. The van der Waals surface area contributed by atoms with E-state index < -0.39 is 0 Å². The number of anilines is 3. The van der Waals surface area contributed by atoms with Crippen LogP contribution in [0.1, 0.15) is 0 Å². The molecule has 0 fully saturated rings. The van der Waals surface area contributed by atoms with Gasteiger partial charge < -0.3 is 10.6 Å². The zero-order chi connectivity index (χ0) is 12.8. The third kappa shape index (κ3) is 3.49. The summed E-state index contributed by atoms with van der Waals surface area (Å²) in [5, 5.41) is 21.5. The Hall–Kier alpha value is -2.02. The Morgan fingerprint density at radius 3 is 2.28 bits per heavy atom. The lowest BCUT2D eigenvalue weighted by atomic mass is 10.3. The van der Waals surface area contributed by atoms with E-state index in [0.717, 1.165) is 10.2 Å². The lowest BCUT2D eigenvalue weighted by Gasteiger charge is -2.04. The number of nitrogens with zero attached hydrogens (tertiary/aromatic N) is 4. The Bertz CT molecular complexity index is 510. The topological polar surface area (TPSA) is 75.6 Å². The van der Waals surface area contributed by atoms with E-state index >= 15 is 0 Å². The van der Waals surface area contributed by atoms with E-state index in [9.17, 15) is 0 Å². The van der Waals surface area contributed by atoms with Crippen molar-refractivity contribution < 1.29 is 0 Å². The molecule has 18 heavy (non-hydrogen) atoms. The Balaban J connectivity index is 2.01. The molecule has 0 atom stereocenters. The van der Waals surface area contributed by atoms with Crippen LogP contribution in [0.5, 0.6) is 0 Å². The van der Waals surface area contributed by atoms with E-state index in [-0.39, 0.29) is 0 Å². The summed E-state index contributed by atoms with van der Waals surface area (Å²) in [5.41, 5.74) is 0.869. The van der Waals surface area contributed by atoms with Crippen LogP contribution in [0.4, 0.5) is 17.6 Å². The van der Waals surface area contributed by atoms with Gasteiger partial charge in [-0.15, -0.1) is 27.0 Å². The first-order valence-electron chi connectivity index (χ1n) is 5.22. The van der Waals surface area contributed by atoms with Gasteiger partial charge in [0, 0.05) is 16.7 Å². The van der Waals surface area contributed by atoms with Crippen LogP contribution in [0, 0.1) is 0 Å². The number of hydrogen-bond donors (Lipinski definition) is 2. The minimum absolute atomic E-state index is 0.349. The smallest absolute Gasteiger partial charge is 0.266 e. The monoisotopic (exact) mass is 306 g/mol. The number of aromatic nitrogens is 4. The van der Waals surface area contributed by atoms with Crippen molar-refractivity contribution >= 4 is 33.5 Å². The molecule has 0 spiro atoms. The summed E-state index contributed by atoms with van der Waals surface area (Å²) in [5.74, 6) is 0.720. The highest BCUT2D eigenvalue weighted by atomic mass is 79.9. The van der Waals surface area contributed by atoms with E-state index in [2.05, 4.69) is 53.5 Å². The van der Waals surface area contributed by atoms with E-state index in [4.69, 9.17) is 0 Å². The quantitative estimate of drug-likeness (QED) is 0.826. The van der Waals surface area contributed by atoms with Crippen LogP contribution in [0.3, 0.4) is 0 Å². The Labute approximate surface area is 113 Å². The van der Waals surface area contributed by atoms with Gasteiger partial charge in [0.25, 0.3) is 11.9 Å². The van der Waals surface area contributed by atoms with E-state index in [0.29, 0.717) is 18.4 Å². The molecule has 92 valence electrons. The largest absolute Gasteiger partial charge is 0.348 e. The van der Waals surface area contributed by atoms with Crippen molar-refractivity contribution in [1.29, 1.82) is 0 Å². The molecule has 2 N–H and O–H groups in total. The Kier molecular flexibility index (Phi) is 4.19. The van der Waals surface area contributed by atoms with Gasteiger partial charge in [-0.1, -0.05) is 22.0 Å². The van der Waals surface area contributed by atoms with Crippen LogP contribution >= 0.6 is 15.9 Å². The maximum atomic E-state index is 3.91. The number of hydrogen-bond acceptors (Lipinski definition) is 6. The standard InChI is InChI=1S/C11H11BrN6/c1-2-7-13-10-15-17-11(18-16-10)14-9-5-3-8(12)4-6-9/h2-6H,1,7H2,(H,13,15,16)(H,14,17,18). The second-order valence-electron chi connectivity index (χ2n) is 3.35. The molecule has 0 bridgehead atoms. The highest BCUT2D eigenvalue weighted by Gasteiger charge is 2.00. The van der Waals surface area contributed by atoms with Crippen molar-refractivity contribution in [3.8, 4) is 0 Å². The minimum Gasteiger partial charge on any atom is -0.348 e. The number of nitrogens with one attached hydrogen (secondary N) is 2. The van der Waals surface area contributed by atoms with E-state index in [1.807, 2.05) is 24.3 Å². The van der Waals surface area contributed by atoms with Crippen LogP contribution in [0.25, 0.3) is 0 Å². The fourth-order valence-corrected chi connectivity index (χ4v) is 1.44. The maximum absolute atomic E-state index is 3.91. The summed E-state index contributed by atoms with van der Waals surface area (Å²) in [4.78, 5) is 0. The molecule has 0 saturated heterocycles. The van der Waals surface area contributed by atoms with E-state index in [1.165, 1.54) is 0 Å². The Morgan fingerprint density at radius 1 is 1.06 bits per heavy atom. The molecule has 0 aliphatic carbocycles. The molecule has 0 unspecified atom stereocenters. The van der Waals surface area contributed by atoms with Gasteiger partial charge in [0.05, 0.1) is 0 Å². The normalized spacial score (nSPS) is 9.83. The number of benzene rings is 1. The summed E-state index contributed by atoms with van der Waals surface area (Å²) < 4.78 is 1.01. The third-order valence-electron chi connectivity index (χ3n) is 1.98. The first-order chi connectivity index (χ1) is 8.78. The molecule has 6 nitrogen and oxygen atoms in total. The van der Waals surface area contributed by atoms with Gasteiger partial charge in [0.15, 0.2) is 0 Å². The molecule has 1 aromatic heterocycles. The fraction of sp³-hybridized carbons (Fsp3) is 0.0909. The second kappa shape index (κ2) is 6.06. The molecule has 0 saturated carbocycles. The second-order valence-corrected chi connectivity index (χ2v) is 4.26. The first-order valence-corrected chi connectivity index (χ1v) is 6.02. The van der Waals surface area contributed by atoms with Crippen molar-refractivity contribution in [3.63, 3.8) is 0 Å². The molecular formula is C11H11BrN6. The van der Waals surface area contributed by atoms with Crippen LogP contribution in [-0.2, 0) is 0 Å². The third-order valence-corrected chi connectivity index (χ3v) is 2.51. The lowest BCUT2D eigenvalue weighted by Crippen LogP contribution is -2.08. The number of rotatable bonds is 5. The Morgan fingerprint density at radius 2 is 1.67 bits per heavy atom. The fourth-order valence-electron chi connectivity index (χ4n) is 1.18. The van der Waals surface area contributed by atoms with Gasteiger partial charge in [-0.05, 0) is 24.3 Å². The molecular weight excluding hydrogens is 296 g/mol. The molecule has 0 amide bonds. The van der Waals surface area contributed by atoms with Crippen LogP contribution in [0.15, 0.2) is 41.4 Å². The summed E-state index contributed by atoms with van der Waals surface area (Å²) >= 11 is 3.36. The highest BCUT2D eigenvalue weighted by molar-refractivity contribution is 9.10. The van der Waals surface area contributed by atoms with Gasteiger partial charge in [0.1, 0.15) is 0 Å². The maximum Gasteiger partial charge on any atom is 0.266 e. The van der Waals surface area contributed by atoms with Crippen molar-refractivity contribution in [2.45, 2.75) is 0 Å². The summed E-state index contributed by atoms with van der Waals surface area (Å²) in [7, 11) is 0. The van der Waals surface area contributed by atoms with E-state index in [1.54, 1.807) is 6.08 Å². The molecule has 1 heterocycles. The summed E-state index contributed by atoms with van der Waals surface area (Å²) in [6, 6.07) is 7.64. The highest BCUT2D eigenvalue weighted by Crippen LogP contribution is 2.16. The number of halogens is 1. The molecule has 0 aliphatic rings. The van der Waals surface area contributed by atoms with Crippen molar-refractivity contribution in [2.24, 2.45) is 0 Å². The molecule has 2 aromatic rings. The van der Waals surface area contributed by atoms with Gasteiger partial charge in [0.2, 0.25) is 0 Å². The average Bonchev–Trinajstić information content (AvgIpc) is 2.41. The zero-order valence-electron chi connectivity index (χ0n) is 9.47. The minimum atomic E-state index is 0.349. The predicted octanol–water partition coefficient (Wildman–Crippen LogP) is 2.37. The summed E-state index contributed by atoms with van der Waals surface area (Å²) in [6.07, 6.45) is 1.71. The molecule has 7 heteroatoms. The summed E-state index contributed by atoms with van der Waals surface area (Å²) in [6.45, 7) is 4.15. The van der Waals surface area contributed by atoms with Crippen LogP contribution in [-0.4, -0.2) is 26.9 Å². The van der Waals surface area contributed by atoms with Crippen molar-refractivity contribution in [3.05, 3.63) is 41.4 Å². The van der Waals surface area contributed by atoms with Gasteiger partial charge >= 0.3 is 0 Å². The van der Waals surface area contributed by atoms with Crippen molar-refractivity contribution in [2.75, 3.05) is 17.2 Å². The van der Waals surface area contributed by atoms with Gasteiger partial charge in [-0.3, -0.25) is 0 Å². The molecule has 2 rings (SSSR count). The SMILES string of the molecule is C=CCNc1nnc(Nc2ccc(Br)cc2)nn1. The predicted molar refractivity (Wildman–Crippen MR) is 73.7 cm³/mol.